The zero-order valence-electron chi connectivity index (χ0n) is 21.4. The molecule has 3 aromatic carbocycles. The Bertz CT molecular complexity index is 1130. The van der Waals surface area contributed by atoms with Gasteiger partial charge in [-0.3, -0.25) is 9.38 Å². The lowest BCUT2D eigenvalue weighted by molar-refractivity contribution is -0.984. The number of aliphatic hydroxyl groups is 1. The number of carbonyl (C=O) groups excluding carboxylic acids is 1. The molecule has 6 nitrogen and oxygen atoms in total. The number of nitrogens with zero attached hydrogens (tertiary/aromatic N) is 2. The quantitative estimate of drug-likeness (QED) is 0.284. The van der Waals surface area contributed by atoms with Crippen LogP contribution in [0.15, 0.2) is 84.9 Å². The molecule has 1 N–H and O–H groups in total. The third kappa shape index (κ3) is 6.14. The lowest BCUT2D eigenvalue weighted by Gasteiger charge is -2.53. The van der Waals surface area contributed by atoms with Crippen LogP contribution in [-0.4, -0.2) is 48.2 Å². The number of fused-ring (bicyclic) bond motifs is 3. The average molecular weight is 502 g/mol. The van der Waals surface area contributed by atoms with Crippen LogP contribution in [0.25, 0.3) is 0 Å². The molecule has 0 radical (unpaired) electrons. The maximum absolute atomic E-state index is 13.7. The minimum Gasteiger partial charge on any atom is -0.493 e. The van der Waals surface area contributed by atoms with Crippen molar-refractivity contribution in [2.45, 2.75) is 45.1 Å². The first-order valence-electron chi connectivity index (χ1n) is 13.4. The van der Waals surface area contributed by atoms with E-state index in [4.69, 9.17) is 9.47 Å². The molecule has 3 aliphatic heterocycles. The Kier molecular flexibility index (Phi) is 8.07. The molecule has 2 bridgehead atoms. The van der Waals surface area contributed by atoms with Gasteiger partial charge in [0.25, 0.3) is 0 Å². The highest BCUT2D eigenvalue weighted by atomic mass is 16.6. The van der Waals surface area contributed by atoms with Gasteiger partial charge in [0.15, 0.2) is 0 Å². The number of benzene rings is 3. The number of rotatable bonds is 10. The summed E-state index contributed by atoms with van der Waals surface area (Å²) in [6.07, 6.45) is 3.83. The van der Waals surface area contributed by atoms with E-state index in [1.807, 2.05) is 84.9 Å². The minimum absolute atomic E-state index is 0.0361. The fraction of sp³-hybridized carbons (Fsp3) is 0.387. The molecule has 3 aliphatic rings. The second kappa shape index (κ2) is 11.8. The van der Waals surface area contributed by atoms with Crippen LogP contribution >= 0.6 is 0 Å². The molecule has 0 aliphatic carbocycles. The molecular formula is C31H37N2O4+. The zero-order valence-corrected chi connectivity index (χ0v) is 21.4. The maximum Gasteiger partial charge on any atom is 0.419 e. The van der Waals surface area contributed by atoms with Crippen LogP contribution in [0.5, 0.6) is 5.75 Å². The van der Waals surface area contributed by atoms with E-state index in [-0.39, 0.29) is 18.9 Å². The van der Waals surface area contributed by atoms with E-state index in [2.05, 4.69) is 0 Å². The van der Waals surface area contributed by atoms with Gasteiger partial charge < -0.3 is 14.6 Å². The van der Waals surface area contributed by atoms with Crippen molar-refractivity contribution < 1.29 is 23.9 Å². The van der Waals surface area contributed by atoms with Crippen LogP contribution in [0.2, 0.25) is 0 Å². The fourth-order valence-corrected chi connectivity index (χ4v) is 5.77. The molecule has 0 spiro atoms. The average Bonchev–Trinajstić information content (AvgIpc) is 2.96. The molecule has 0 aromatic heterocycles. The predicted molar refractivity (Wildman–Crippen MR) is 144 cm³/mol. The highest BCUT2D eigenvalue weighted by molar-refractivity contribution is 5.87. The molecule has 194 valence electrons. The van der Waals surface area contributed by atoms with E-state index in [9.17, 15) is 9.90 Å². The van der Waals surface area contributed by atoms with E-state index in [0.717, 1.165) is 59.5 Å². The Balaban J connectivity index is 1.24. The van der Waals surface area contributed by atoms with Gasteiger partial charge in [-0.05, 0) is 41.3 Å². The van der Waals surface area contributed by atoms with Gasteiger partial charge in [0.1, 0.15) is 5.75 Å². The van der Waals surface area contributed by atoms with Gasteiger partial charge in [-0.25, -0.2) is 4.79 Å². The first kappa shape index (κ1) is 25.3. The van der Waals surface area contributed by atoms with E-state index >= 15 is 0 Å². The summed E-state index contributed by atoms with van der Waals surface area (Å²) >= 11 is 0. The topological polar surface area (TPSA) is 59.0 Å². The van der Waals surface area contributed by atoms with Crippen molar-refractivity contribution in [1.82, 2.24) is 0 Å². The van der Waals surface area contributed by atoms with Gasteiger partial charge in [0.05, 0.1) is 39.4 Å². The summed E-state index contributed by atoms with van der Waals surface area (Å²) < 4.78 is 13.2. The zero-order chi connectivity index (χ0) is 25.5. The third-order valence-corrected chi connectivity index (χ3v) is 7.94. The molecule has 37 heavy (non-hydrogen) atoms. The van der Waals surface area contributed by atoms with Crippen molar-refractivity contribution >= 4 is 11.8 Å². The van der Waals surface area contributed by atoms with Gasteiger partial charge in [0.2, 0.25) is 6.23 Å². The van der Waals surface area contributed by atoms with E-state index in [1.165, 1.54) is 12.8 Å². The van der Waals surface area contributed by atoms with Crippen molar-refractivity contribution in [3.8, 4) is 5.75 Å². The molecule has 6 rings (SSSR count). The van der Waals surface area contributed by atoms with Gasteiger partial charge in [0, 0.05) is 31.4 Å². The minimum atomic E-state index is -0.273. The Morgan fingerprint density at radius 1 is 0.892 bits per heavy atom. The summed E-state index contributed by atoms with van der Waals surface area (Å²) in [5.41, 5.74) is 2.80. The first-order chi connectivity index (χ1) is 18.1. The van der Waals surface area contributed by atoms with E-state index in [0.29, 0.717) is 19.1 Å². The number of piperidine rings is 3. The lowest BCUT2D eigenvalue weighted by atomic mass is 9.84. The number of hydrogen-bond acceptors (Lipinski definition) is 4. The Labute approximate surface area is 219 Å². The van der Waals surface area contributed by atoms with Crippen LogP contribution < -0.4 is 9.64 Å². The summed E-state index contributed by atoms with van der Waals surface area (Å²) in [5.74, 6) is 1.45. The van der Waals surface area contributed by atoms with Crippen molar-refractivity contribution in [1.29, 1.82) is 0 Å². The Hall–Kier alpha value is -3.35. The number of para-hydroxylation sites is 1. The molecule has 3 aromatic rings. The Morgan fingerprint density at radius 2 is 1.57 bits per heavy atom. The second-order valence-electron chi connectivity index (χ2n) is 10.3. The molecule has 6 heteroatoms. The summed E-state index contributed by atoms with van der Waals surface area (Å²) in [7, 11) is 0. The van der Waals surface area contributed by atoms with Crippen molar-refractivity contribution in [3.05, 3.63) is 96.1 Å². The highest BCUT2D eigenvalue weighted by Crippen LogP contribution is 2.39. The van der Waals surface area contributed by atoms with Gasteiger partial charge in [-0.2, -0.15) is 0 Å². The number of aliphatic hydroxyl groups excluding tert-OH is 1. The SMILES string of the molecule is O=C(OC1CC2CC[N+]1(CCCOc1ccc(CO)cc1)CC2)N(Cc1ccccc1)c1ccccc1. The summed E-state index contributed by atoms with van der Waals surface area (Å²) in [5, 5.41) is 9.22. The van der Waals surface area contributed by atoms with Crippen LogP contribution in [-0.2, 0) is 17.9 Å². The van der Waals surface area contributed by atoms with Crippen molar-refractivity contribution in [2.24, 2.45) is 5.92 Å². The standard InChI is InChI=1S/C31H37N2O4/c34-24-27-12-14-29(15-13-27)36-21-7-18-33-19-16-25(17-20-33)22-30(33)37-31(35)32(28-10-5-2-6-11-28)23-26-8-3-1-4-9-26/h1-6,8-15,25,30,34H,7,16-24H2/q+1. The number of carbonyl (C=O) groups is 1. The van der Waals surface area contributed by atoms with Crippen molar-refractivity contribution in [2.75, 3.05) is 31.1 Å². The van der Waals surface area contributed by atoms with Crippen LogP contribution in [0.1, 0.15) is 36.8 Å². The van der Waals surface area contributed by atoms with Crippen LogP contribution in [0.4, 0.5) is 10.5 Å². The number of quaternary nitrogens is 1. The molecule has 1 unspecified atom stereocenters. The highest BCUT2D eigenvalue weighted by Gasteiger charge is 2.49. The van der Waals surface area contributed by atoms with Gasteiger partial charge in [-0.1, -0.05) is 60.7 Å². The maximum atomic E-state index is 13.7. The first-order valence-corrected chi connectivity index (χ1v) is 13.4. The normalized spacial score (nSPS) is 22.4. The molecule has 3 saturated heterocycles. The third-order valence-electron chi connectivity index (χ3n) is 7.94. The number of hydrogen-bond donors (Lipinski definition) is 1. The monoisotopic (exact) mass is 501 g/mol. The molecular weight excluding hydrogens is 464 g/mol. The fourth-order valence-electron chi connectivity index (χ4n) is 5.77. The van der Waals surface area contributed by atoms with Gasteiger partial charge >= 0.3 is 6.09 Å². The molecule has 3 heterocycles. The summed E-state index contributed by atoms with van der Waals surface area (Å²) in [6.45, 7) is 4.17. The molecule has 3 fully saturated rings. The number of amides is 1. The smallest absolute Gasteiger partial charge is 0.419 e. The lowest BCUT2D eigenvalue weighted by Crippen LogP contribution is -2.66. The molecule has 1 amide bonds. The van der Waals surface area contributed by atoms with E-state index in [1.54, 1.807) is 4.90 Å². The Morgan fingerprint density at radius 3 is 2.24 bits per heavy atom. The number of ether oxygens (including phenoxy) is 2. The molecule has 1 atom stereocenters. The summed E-state index contributed by atoms with van der Waals surface area (Å²) in [6, 6.07) is 27.5. The predicted octanol–water partition coefficient (Wildman–Crippen LogP) is 5.75. The van der Waals surface area contributed by atoms with Crippen LogP contribution in [0.3, 0.4) is 0 Å². The van der Waals surface area contributed by atoms with Crippen LogP contribution in [0, 0.1) is 5.92 Å². The summed E-state index contributed by atoms with van der Waals surface area (Å²) in [4.78, 5) is 15.4. The largest absolute Gasteiger partial charge is 0.493 e. The number of anilines is 1. The van der Waals surface area contributed by atoms with Gasteiger partial charge in [-0.15, -0.1) is 0 Å². The van der Waals surface area contributed by atoms with Crippen molar-refractivity contribution in [3.63, 3.8) is 0 Å². The second-order valence-corrected chi connectivity index (χ2v) is 10.3. The van der Waals surface area contributed by atoms with E-state index < -0.39 is 0 Å². The molecule has 0 saturated carbocycles.